The van der Waals surface area contributed by atoms with Crippen LogP contribution in [0, 0.1) is 10.1 Å². The molecule has 2 aromatic rings. The Balaban J connectivity index is 2.63. The lowest BCUT2D eigenvalue weighted by atomic mass is 10.1. The van der Waals surface area contributed by atoms with Gasteiger partial charge in [-0.3, -0.25) is 4.79 Å². The van der Waals surface area contributed by atoms with Gasteiger partial charge in [0.25, 0.3) is 0 Å². The molecule has 0 unspecified atom stereocenters. The Labute approximate surface area is 115 Å². The molecule has 0 amide bonds. The van der Waals surface area contributed by atoms with Gasteiger partial charge in [0.15, 0.2) is 5.69 Å². The lowest BCUT2D eigenvalue weighted by molar-refractivity contribution is -0.391. The van der Waals surface area contributed by atoms with Crippen LogP contribution < -0.4 is 5.56 Å². The smallest absolute Gasteiger partial charge is 0.358 e. The highest BCUT2D eigenvalue weighted by Crippen LogP contribution is 2.31. The summed E-state index contributed by atoms with van der Waals surface area (Å²) in [6.45, 7) is 0. The Morgan fingerprint density at radius 3 is 2.57 bits per heavy atom. The molecular formula is C12H8F3N3O3. The molecule has 21 heavy (non-hydrogen) atoms. The number of aryl methyl sites for hydroxylation is 1. The van der Waals surface area contributed by atoms with E-state index in [9.17, 15) is 28.1 Å². The van der Waals surface area contributed by atoms with E-state index < -0.39 is 28.0 Å². The van der Waals surface area contributed by atoms with E-state index in [-0.39, 0.29) is 11.3 Å². The van der Waals surface area contributed by atoms with Crippen molar-refractivity contribution in [3.05, 3.63) is 56.5 Å². The minimum atomic E-state index is -4.54. The lowest BCUT2D eigenvalue weighted by Crippen LogP contribution is -2.21. The first kappa shape index (κ1) is 14.7. The molecule has 0 spiro atoms. The standard InChI is InChI=1S/C12H8F3N3O3/c1-17-6-9(16-10(11(17)19)18(20)21)7-3-2-4-8(5-7)12(13,14)15/h2-6H,1H3. The molecule has 1 heterocycles. The van der Waals surface area contributed by atoms with Crippen molar-refractivity contribution in [1.29, 1.82) is 0 Å². The predicted molar refractivity (Wildman–Crippen MR) is 66.6 cm³/mol. The Kier molecular flexibility index (Phi) is 3.50. The fraction of sp³-hybridized carbons (Fsp3) is 0.167. The third-order valence-electron chi connectivity index (χ3n) is 2.71. The summed E-state index contributed by atoms with van der Waals surface area (Å²) in [4.78, 5) is 24.8. The van der Waals surface area contributed by atoms with Crippen LogP contribution in [0.15, 0.2) is 35.3 Å². The van der Waals surface area contributed by atoms with Crippen LogP contribution in [-0.2, 0) is 13.2 Å². The first-order valence-corrected chi connectivity index (χ1v) is 5.60. The highest BCUT2D eigenvalue weighted by Gasteiger charge is 2.31. The van der Waals surface area contributed by atoms with E-state index in [1.807, 2.05) is 0 Å². The molecule has 0 saturated carbocycles. The Hall–Kier alpha value is -2.71. The molecule has 1 aromatic carbocycles. The molecule has 1 aromatic heterocycles. The van der Waals surface area contributed by atoms with Crippen molar-refractivity contribution < 1.29 is 18.1 Å². The zero-order valence-corrected chi connectivity index (χ0v) is 10.6. The maximum Gasteiger partial charge on any atom is 0.430 e. The topological polar surface area (TPSA) is 78.0 Å². The highest BCUT2D eigenvalue weighted by atomic mass is 19.4. The Morgan fingerprint density at radius 1 is 1.33 bits per heavy atom. The normalized spacial score (nSPS) is 11.4. The summed E-state index contributed by atoms with van der Waals surface area (Å²) in [7, 11) is 1.26. The zero-order valence-electron chi connectivity index (χ0n) is 10.6. The number of aromatic nitrogens is 2. The maximum absolute atomic E-state index is 12.7. The summed E-state index contributed by atoms with van der Waals surface area (Å²) >= 11 is 0. The molecule has 0 bridgehead atoms. The number of hydrogen-bond donors (Lipinski definition) is 0. The number of rotatable bonds is 2. The number of benzene rings is 1. The van der Waals surface area contributed by atoms with Gasteiger partial charge in [-0.1, -0.05) is 12.1 Å². The second kappa shape index (κ2) is 5.00. The Morgan fingerprint density at radius 2 is 2.00 bits per heavy atom. The van der Waals surface area contributed by atoms with Crippen LogP contribution in [0.3, 0.4) is 0 Å². The van der Waals surface area contributed by atoms with Crippen molar-refractivity contribution in [2.75, 3.05) is 0 Å². The quantitative estimate of drug-likeness (QED) is 0.630. The second-order valence-electron chi connectivity index (χ2n) is 4.20. The minimum Gasteiger partial charge on any atom is -0.358 e. The van der Waals surface area contributed by atoms with E-state index >= 15 is 0 Å². The van der Waals surface area contributed by atoms with Crippen LogP contribution in [0.5, 0.6) is 0 Å². The van der Waals surface area contributed by atoms with Crippen LogP contribution >= 0.6 is 0 Å². The summed E-state index contributed by atoms with van der Waals surface area (Å²) in [5.41, 5.74) is -1.90. The zero-order chi connectivity index (χ0) is 15.8. The molecule has 0 aliphatic rings. The van der Waals surface area contributed by atoms with Gasteiger partial charge in [-0.2, -0.15) is 13.2 Å². The van der Waals surface area contributed by atoms with Gasteiger partial charge >= 0.3 is 17.6 Å². The van der Waals surface area contributed by atoms with Crippen molar-refractivity contribution >= 4 is 5.82 Å². The largest absolute Gasteiger partial charge is 0.430 e. The summed E-state index contributed by atoms with van der Waals surface area (Å²) in [5, 5.41) is 10.7. The molecular weight excluding hydrogens is 291 g/mol. The van der Waals surface area contributed by atoms with E-state index in [0.29, 0.717) is 0 Å². The monoisotopic (exact) mass is 299 g/mol. The molecule has 2 rings (SSSR count). The molecule has 0 radical (unpaired) electrons. The van der Waals surface area contributed by atoms with Crippen LogP contribution in [0.4, 0.5) is 19.0 Å². The van der Waals surface area contributed by atoms with Crippen molar-refractivity contribution in [3.8, 4) is 11.3 Å². The second-order valence-corrected chi connectivity index (χ2v) is 4.20. The number of alkyl halides is 3. The van der Waals surface area contributed by atoms with Gasteiger partial charge in [0.1, 0.15) is 0 Å². The minimum absolute atomic E-state index is 0.0310. The molecule has 0 saturated heterocycles. The number of nitrogens with zero attached hydrogens (tertiary/aromatic N) is 3. The number of halogens is 3. The Bertz CT molecular complexity index is 768. The number of hydrogen-bond acceptors (Lipinski definition) is 4. The van der Waals surface area contributed by atoms with E-state index in [2.05, 4.69) is 4.98 Å². The predicted octanol–water partition coefficient (Wildman–Crippen LogP) is 2.37. The van der Waals surface area contributed by atoms with Gasteiger partial charge in [0.2, 0.25) is 0 Å². The number of nitro groups is 1. The van der Waals surface area contributed by atoms with Gasteiger partial charge in [-0.25, -0.2) is 0 Å². The van der Waals surface area contributed by atoms with E-state index in [1.54, 1.807) is 0 Å². The van der Waals surface area contributed by atoms with E-state index in [4.69, 9.17) is 0 Å². The fourth-order valence-corrected chi connectivity index (χ4v) is 1.70. The van der Waals surface area contributed by atoms with Crippen LogP contribution in [0.2, 0.25) is 0 Å². The van der Waals surface area contributed by atoms with Crippen molar-refractivity contribution in [2.45, 2.75) is 6.18 Å². The third-order valence-corrected chi connectivity index (χ3v) is 2.71. The summed E-state index contributed by atoms with van der Waals surface area (Å²) in [6.07, 6.45) is -3.40. The molecule has 0 atom stereocenters. The molecule has 0 fully saturated rings. The molecule has 0 N–H and O–H groups in total. The molecule has 0 aliphatic heterocycles. The maximum atomic E-state index is 12.7. The SMILES string of the molecule is Cn1cc(-c2cccc(C(F)(F)F)c2)nc([N+](=O)[O-])c1=O. The van der Waals surface area contributed by atoms with Crippen LogP contribution in [0.1, 0.15) is 5.56 Å². The summed E-state index contributed by atoms with van der Waals surface area (Å²) in [5.74, 6) is -0.938. The van der Waals surface area contributed by atoms with Crippen molar-refractivity contribution in [1.82, 2.24) is 9.55 Å². The van der Waals surface area contributed by atoms with Crippen molar-refractivity contribution in [2.24, 2.45) is 7.05 Å². The van der Waals surface area contributed by atoms with E-state index in [0.717, 1.165) is 29.0 Å². The van der Waals surface area contributed by atoms with Crippen molar-refractivity contribution in [3.63, 3.8) is 0 Å². The molecule has 0 aliphatic carbocycles. The fourth-order valence-electron chi connectivity index (χ4n) is 1.70. The van der Waals surface area contributed by atoms with Gasteiger partial charge in [-0.15, -0.1) is 0 Å². The average Bonchev–Trinajstić information content (AvgIpc) is 2.40. The lowest BCUT2D eigenvalue weighted by Gasteiger charge is -2.07. The van der Waals surface area contributed by atoms with Crippen LogP contribution in [0.25, 0.3) is 11.3 Å². The molecule has 110 valence electrons. The summed E-state index contributed by atoms with van der Waals surface area (Å²) < 4.78 is 38.9. The molecule has 6 nitrogen and oxygen atoms in total. The van der Waals surface area contributed by atoms with Gasteiger partial charge in [0.05, 0.1) is 11.8 Å². The average molecular weight is 299 g/mol. The van der Waals surface area contributed by atoms with Gasteiger partial charge < -0.3 is 14.7 Å². The molecule has 9 heteroatoms. The summed E-state index contributed by atoms with van der Waals surface area (Å²) in [6, 6.07) is 4.18. The first-order valence-electron chi connectivity index (χ1n) is 5.60. The van der Waals surface area contributed by atoms with Crippen LogP contribution in [-0.4, -0.2) is 14.5 Å². The van der Waals surface area contributed by atoms with Gasteiger partial charge in [-0.05, 0) is 22.0 Å². The van der Waals surface area contributed by atoms with Gasteiger partial charge in [0, 0.05) is 12.6 Å². The third kappa shape index (κ3) is 2.91. The first-order chi connectivity index (χ1) is 9.70. The van der Waals surface area contributed by atoms with E-state index in [1.165, 1.54) is 13.1 Å². The highest BCUT2D eigenvalue weighted by molar-refractivity contribution is 5.60.